The Morgan fingerprint density at radius 3 is 3.13 bits per heavy atom. The molecule has 0 aliphatic carbocycles. The van der Waals surface area contributed by atoms with Crippen molar-refractivity contribution >= 4 is 11.8 Å². The lowest BCUT2D eigenvalue weighted by atomic mass is 10.1. The van der Waals surface area contributed by atoms with Crippen LogP contribution in [0.3, 0.4) is 0 Å². The first kappa shape index (κ1) is 11.0. The lowest BCUT2D eigenvalue weighted by Crippen LogP contribution is -2.35. The molecule has 2 rings (SSSR count). The Morgan fingerprint density at radius 1 is 1.47 bits per heavy atom. The summed E-state index contributed by atoms with van der Waals surface area (Å²) in [4.78, 5) is 2.48. The fraction of sp³-hybridized carbons (Fsp3) is 0.636. The highest BCUT2D eigenvalue weighted by molar-refractivity contribution is 7.99. The summed E-state index contributed by atoms with van der Waals surface area (Å²) >= 11 is 2.04. The van der Waals surface area contributed by atoms with Crippen LogP contribution in [-0.4, -0.2) is 36.0 Å². The van der Waals surface area contributed by atoms with Gasteiger partial charge in [0.05, 0.1) is 18.6 Å². The summed E-state index contributed by atoms with van der Waals surface area (Å²) in [5, 5.41) is 0. The van der Waals surface area contributed by atoms with Gasteiger partial charge < -0.3 is 10.2 Å². The van der Waals surface area contributed by atoms with Gasteiger partial charge in [-0.1, -0.05) is 0 Å². The fourth-order valence-corrected chi connectivity index (χ4v) is 2.94. The third-order valence-corrected chi connectivity index (χ3v) is 3.90. The zero-order valence-corrected chi connectivity index (χ0v) is 9.71. The number of nitrogens with zero attached hydrogens (tertiary/aromatic N) is 1. The number of hydrogen-bond donors (Lipinski definition) is 1. The van der Waals surface area contributed by atoms with Gasteiger partial charge in [0.15, 0.2) is 0 Å². The highest BCUT2D eigenvalue weighted by Crippen LogP contribution is 2.23. The summed E-state index contributed by atoms with van der Waals surface area (Å²) < 4.78 is 5.13. The van der Waals surface area contributed by atoms with Gasteiger partial charge in [-0.15, -0.1) is 0 Å². The van der Waals surface area contributed by atoms with Crippen molar-refractivity contribution in [1.29, 1.82) is 0 Å². The second kappa shape index (κ2) is 5.58. The van der Waals surface area contributed by atoms with Crippen LogP contribution in [0.25, 0.3) is 0 Å². The Morgan fingerprint density at radius 2 is 2.40 bits per heavy atom. The van der Waals surface area contributed by atoms with Gasteiger partial charge in [0.25, 0.3) is 0 Å². The van der Waals surface area contributed by atoms with Gasteiger partial charge >= 0.3 is 0 Å². The van der Waals surface area contributed by atoms with Gasteiger partial charge in [-0.3, -0.25) is 4.90 Å². The molecule has 1 atom stereocenters. The Hall–Kier alpha value is -0.450. The lowest BCUT2D eigenvalue weighted by Gasteiger charge is -2.28. The zero-order chi connectivity index (χ0) is 10.5. The minimum atomic E-state index is 0.336. The van der Waals surface area contributed by atoms with Crippen molar-refractivity contribution in [2.24, 2.45) is 5.73 Å². The van der Waals surface area contributed by atoms with E-state index in [0.717, 1.165) is 13.1 Å². The van der Waals surface area contributed by atoms with E-state index in [1.54, 1.807) is 6.26 Å². The number of rotatable bonds is 3. The monoisotopic (exact) mass is 226 g/mol. The van der Waals surface area contributed by atoms with E-state index < -0.39 is 0 Å². The number of furan rings is 1. The summed E-state index contributed by atoms with van der Waals surface area (Å²) in [7, 11) is 0. The molecule has 0 amide bonds. The lowest BCUT2D eigenvalue weighted by molar-refractivity contribution is 0.217. The smallest absolute Gasteiger partial charge is 0.0950 e. The van der Waals surface area contributed by atoms with Crippen molar-refractivity contribution in [3.63, 3.8) is 0 Å². The third-order valence-electron chi connectivity index (χ3n) is 2.85. The molecule has 1 aromatic rings. The molecule has 1 saturated heterocycles. The molecule has 0 spiro atoms. The van der Waals surface area contributed by atoms with Crippen LogP contribution in [0, 0.1) is 0 Å². The fourth-order valence-electron chi connectivity index (χ4n) is 2.04. The van der Waals surface area contributed by atoms with Gasteiger partial charge in [0.2, 0.25) is 0 Å². The molecule has 4 heteroatoms. The predicted molar refractivity (Wildman–Crippen MR) is 64.0 cm³/mol. The van der Waals surface area contributed by atoms with E-state index in [9.17, 15) is 0 Å². The molecule has 3 nitrogen and oxygen atoms in total. The minimum Gasteiger partial charge on any atom is -0.472 e. The molecule has 0 bridgehead atoms. The Kier molecular flexibility index (Phi) is 4.11. The van der Waals surface area contributed by atoms with Gasteiger partial charge in [0, 0.05) is 24.4 Å². The summed E-state index contributed by atoms with van der Waals surface area (Å²) in [5.41, 5.74) is 7.07. The van der Waals surface area contributed by atoms with Gasteiger partial charge in [-0.2, -0.15) is 11.8 Å². The van der Waals surface area contributed by atoms with E-state index in [2.05, 4.69) is 4.90 Å². The van der Waals surface area contributed by atoms with Crippen molar-refractivity contribution in [3.8, 4) is 0 Å². The van der Waals surface area contributed by atoms with Crippen LogP contribution in [0.2, 0.25) is 0 Å². The van der Waals surface area contributed by atoms with Crippen LogP contribution in [0.15, 0.2) is 23.0 Å². The quantitative estimate of drug-likeness (QED) is 0.852. The molecule has 1 fully saturated rings. The van der Waals surface area contributed by atoms with E-state index in [0.29, 0.717) is 12.6 Å². The van der Waals surface area contributed by atoms with Crippen molar-refractivity contribution in [3.05, 3.63) is 24.2 Å². The topological polar surface area (TPSA) is 42.4 Å². The Labute approximate surface area is 95.0 Å². The van der Waals surface area contributed by atoms with E-state index in [-0.39, 0.29) is 0 Å². The van der Waals surface area contributed by atoms with Gasteiger partial charge in [-0.25, -0.2) is 0 Å². The Bertz CT molecular complexity index is 268. The molecule has 1 unspecified atom stereocenters. The third kappa shape index (κ3) is 2.77. The molecule has 1 aliphatic rings. The van der Waals surface area contributed by atoms with Crippen molar-refractivity contribution < 1.29 is 4.42 Å². The summed E-state index contributed by atoms with van der Waals surface area (Å²) in [6, 6.07) is 2.36. The second-order valence-electron chi connectivity index (χ2n) is 3.81. The second-order valence-corrected chi connectivity index (χ2v) is 5.03. The maximum Gasteiger partial charge on any atom is 0.0950 e. The number of thioether (sulfide) groups is 1. The largest absolute Gasteiger partial charge is 0.472 e. The van der Waals surface area contributed by atoms with Gasteiger partial charge in [0.1, 0.15) is 0 Å². The zero-order valence-electron chi connectivity index (χ0n) is 8.89. The molecule has 15 heavy (non-hydrogen) atoms. The van der Waals surface area contributed by atoms with Crippen molar-refractivity contribution in [1.82, 2.24) is 4.90 Å². The van der Waals surface area contributed by atoms with Crippen LogP contribution < -0.4 is 5.73 Å². The highest BCUT2D eigenvalue weighted by Gasteiger charge is 2.20. The van der Waals surface area contributed by atoms with Crippen LogP contribution >= 0.6 is 11.8 Å². The average Bonchev–Trinajstić information content (AvgIpc) is 2.63. The first-order valence-corrected chi connectivity index (χ1v) is 6.61. The first-order valence-electron chi connectivity index (χ1n) is 5.46. The van der Waals surface area contributed by atoms with E-state index >= 15 is 0 Å². The summed E-state index contributed by atoms with van der Waals surface area (Å²) in [5.74, 6) is 2.49. The maximum absolute atomic E-state index is 5.86. The van der Waals surface area contributed by atoms with Crippen LogP contribution in [0.4, 0.5) is 0 Å². The van der Waals surface area contributed by atoms with E-state index in [4.69, 9.17) is 10.2 Å². The molecule has 84 valence electrons. The Balaban J connectivity index is 2.04. The molecule has 2 N–H and O–H groups in total. The number of hydrogen-bond acceptors (Lipinski definition) is 4. The molecule has 0 aromatic carbocycles. The number of nitrogens with two attached hydrogens (primary N) is 1. The first-order chi connectivity index (χ1) is 7.42. The van der Waals surface area contributed by atoms with Crippen LogP contribution in [-0.2, 0) is 0 Å². The van der Waals surface area contributed by atoms with E-state index in [1.807, 2.05) is 24.1 Å². The van der Waals surface area contributed by atoms with Crippen molar-refractivity contribution in [2.45, 2.75) is 12.5 Å². The van der Waals surface area contributed by atoms with Crippen LogP contribution in [0.1, 0.15) is 18.0 Å². The SMILES string of the molecule is NCC(c1ccoc1)N1CCCSCC1. The van der Waals surface area contributed by atoms with E-state index in [1.165, 1.54) is 23.5 Å². The maximum atomic E-state index is 5.86. The minimum absolute atomic E-state index is 0.336. The average molecular weight is 226 g/mol. The standard InChI is InChI=1S/C11H18N2OS/c12-8-11(10-2-5-14-9-10)13-3-1-6-15-7-4-13/h2,5,9,11H,1,3-4,6-8,12H2. The molecule has 2 heterocycles. The normalized spacial score (nSPS) is 21.1. The molecule has 1 aromatic heterocycles. The molecule has 0 radical (unpaired) electrons. The molecule has 1 aliphatic heterocycles. The molecular formula is C11H18N2OS. The molecule has 0 saturated carbocycles. The van der Waals surface area contributed by atoms with Crippen molar-refractivity contribution in [2.75, 3.05) is 31.1 Å². The van der Waals surface area contributed by atoms with Gasteiger partial charge in [-0.05, 0) is 24.8 Å². The summed E-state index contributed by atoms with van der Waals surface area (Å²) in [6.07, 6.45) is 4.80. The van der Waals surface area contributed by atoms with Crippen LogP contribution in [0.5, 0.6) is 0 Å². The predicted octanol–water partition coefficient (Wildman–Crippen LogP) is 1.72. The summed E-state index contributed by atoms with van der Waals surface area (Å²) in [6.45, 7) is 2.96. The highest BCUT2D eigenvalue weighted by atomic mass is 32.2. The molecular weight excluding hydrogens is 208 g/mol.